The van der Waals surface area contributed by atoms with Gasteiger partial charge in [0.05, 0.1) is 6.54 Å². The van der Waals surface area contributed by atoms with Crippen molar-refractivity contribution in [1.29, 1.82) is 0 Å². The van der Waals surface area contributed by atoms with Crippen molar-refractivity contribution in [3.05, 3.63) is 58.8 Å². The first-order chi connectivity index (χ1) is 11.3. The predicted octanol–water partition coefficient (Wildman–Crippen LogP) is 3.16. The number of hydrogen-bond donors (Lipinski definition) is 2. The zero-order chi connectivity index (χ0) is 17.5. The molecule has 3 atom stereocenters. The summed E-state index contributed by atoms with van der Waals surface area (Å²) in [6.45, 7) is 5.33. The lowest BCUT2D eigenvalue weighted by atomic mass is 9.96. The molecule has 1 aromatic heterocycles. The van der Waals surface area contributed by atoms with Crippen molar-refractivity contribution in [2.45, 2.75) is 38.7 Å². The van der Waals surface area contributed by atoms with Crippen molar-refractivity contribution in [1.82, 2.24) is 5.32 Å². The summed E-state index contributed by atoms with van der Waals surface area (Å²) < 4.78 is 19.2. The van der Waals surface area contributed by atoms with E-state index in [2.05, 4.69) is 5.32 Å². The summed E-state index contributed by atoms with van der Waals surface area (Å²) in [5.74, 6) is 0.632. The molecule has 2 N–H and O–H groups in total. The number of benzene rings is 1. The quantitative estimate of drug-likeness (QED) is 0.885. The first-order valence-electron chi connectivity index (χ1n) is 8.11. The van der Waals surface area contributed by atoms with Crippen LogP contribution in [-0.2, 0) is 10.4 Å². The molecular weight excluding hydrogens is 309 g/mol. The number of furan rings is 1. The molecule has 1 aliphatic rings. The Balaban J connectivity index is 1.61. The maximum Gasteiger partial charge on any atom is 0.223 e. The van der Waals surface area contributed by atoms with Gasteiger partial charge in [0.25, 0.3) is 0 Å². The lowest BCUT2D eigenvalue weighted by molar-refractivity contribution is -0.123. The molecule has 1 saturated carbocycles. The second kappa shape index (κ2) is 6.06. The molecular formula is C19H22FNO3. The lowest BCUT2D eigenvalue weighted by Gasteiger charge is -2.23. The molecule has 1 aromatic carbocycles. The van der Waals surface area contributed by atoms with E-state index < -0.39 is 5.60 Å². The molecule has 1 heterocycles. The third-order valence-corrected chi connectivity index (χ3v) is 4.66. The van der Waals surface area contributed by atoms with Crippen LogP contribution in [0.15, 0.2) is 34.7 Å². The third kappa shape index (κ3) is 3.22. The molecule has 0 saturated heterocycles. The first-order valence-corrected chi connectivity index (χ1v) is 8.11. The molecule has 1 fully saturated rings. The number of aliphatic hydroxyl groups is 1. The Labute approximate surface area is 140 Å². The maximum absolute atomic E-state index is 13.8. The highest BCUT2D eigenvalue weighted by Gasteiger charge is 2.45. The van der Waals surface area contributed by atoms with Crippen LogP contribution in [0.2, 0.25) is 0 Å². The summed E-state index contributed by atoms with van der Waals surface area (Å²) in [6, 6.07) is 8.34. The monoisotopic (exact) mass is 331 g/mol. The Kier molecular flexibility index (Phi) is 4.22. The van der Waals surface area contributed by atoms with Crippen molar-refractivity contribution < 1.29 is 18.7 Å². The SMILES string of the molecule is Cc1cc(C(C)(O)CNC(=O)C2CC2c2ccccc2F)c(C)o1. The Morgan fingerprint density at radius 1 is 1.42 bits per heavy atom. The van der Waals surface area contributed by atoms with E-state index in [0.717, 1.165) is 5.76 Å². The van der Waals surface area contributed by atoms with E-state index in [4.69, 9.17) is 4.42 Å². The van der Waals surface area contributed by atoms with Crippen LogP contribution in [0.4, 0.5) is 4.39 Å². The highest BCUT2D eigenvalue weighted by atomic mass is 19.1. The molecule has 4 nitrogen and oxygen atoms in total. The second-order valence-electron chi connectivity index (χ2n) is 6.79. The molecule has 0 aliphatic heterocycles. The molecule has 128 valence electrons. The van der Waals surface area contributed by atoms with E-state index in [0.29, 0.717) is 23.3 Å². The van der Waals surface area contributed by atoms with Gasteiger partial charge in [0, 0.05) is 11.5 Å². The number of aryl methyl sites for hydroxylation is 2. The highest BCUT2D eigenvalue weighted by molar-refractivity contribution is 5.83. The number of halogens is 1. The highest BCUT2D eigenvalue weighted by Crippen LogP contribution is 2.48. The van der Waals surface area contributed by atoms with E-state index in [1.165, 1.54) is 6.07 Å². The zero-order valence-corrected chi connectivity index (χ0v) is 14.1. The first kappa shape index (κ1) is 16.7. The molecule has 3 unspecified atom stereocenters. The molecule has 5 heteroatoms. The summed E-state index contributed by atoms with van der Waals surface area (Å²) in [6.07, 6.45) is 0.638. The van der Waals surface area contributed by atoms with Crippen LogP contribution in [-0.4, -0.2) is 17.6 Å². The molecule has 0 spiro atoms. The molecule has 2 aromatic rings. The molecule has 0 radical (unpaired) electrons. The number of nitrogens with one attached hydrogen (secondary N) is 1. The second-order valence-corrected chi connectivity index (χ2v) is 6.79. The predicted molar refractivity (Wildman–Crippen MR) is 88.0 cm³/mol. The molecule has 1 aliphatic carbocycles. The van der Waals surface area contributed by atoms with E-state index in [-0.39, 0.29) is 30.1 Å². The van der Waals surface area contributed by atoms with Crippen LogP contribution in [0.25, 0.3) is 0 Å². The van der Waals surface area contributed by atoms with Gasteiger partial charge in [-0.2, -0.15) is 0 Å². The maximum atomic E-state index is 13.8. The Hall–Kier alpha value is -2.14. The smallest absolute Gasteiger partial charge is 0.223 e. The minimum Gasteiger partial charge on any atom is -0.466 e. The number of carbonyl (C=O) groups excluding carboxylic acids is 1. The van der Waals surface area contributed by atoms with Gasteiger partial charge in [-0.3, -0.25) is 4.79 Å². The minimum absolute atomic E-state index is 0.0749. The van der Waals surface area contributed by atoms with E-state index >= 15 is 0 Å². The number of carbonyl (C=O) groups is 1. The molecule has 1 amide bonds. The van der Waals surface area contributed by atoms with E-state index in [1.807, 2.05) is 6.92 Å². The van der Waals surface area contributed by atoms with Gasteiger partial charge in [-0.25, -0.2) is 4.39 Å². The van der Waals surface area contributed by atoms with Crippen LogP contribution in [0.3, 0.4) is 0 Å². The van der Waals surface area contributed by atoms with Crippen molar-refractivity contribution in [2.75, 3.05) is 6.54 Å². The lowest BCUT2D eigenvalue weighted by Crippen LogP contribution is -2.39. The fourth-order valence-electron chi connectivity index (χ4n) is 3.26. The summed E-state index contributed by atoms with van der Waals surface area (Å²) >= 11 is 0. The summed E-state index contributed by atoms with van der Waals surface area (Å²) in [5.41, 5.74) is 0.0485. The Morgan fingerprint density at radius 3 is 2.75 bits per heavy atom. The van der Waals surface area contributed by atoms with Gasteiger partial charge in [-0.1, -0.05) is 18.2 Å². The van der Waals surface area contributed by atoms with Crippen molar-refractivity contribution >= 4 is 5.91 Å². The fourth-order valence-corrected chi connectivity index (χ4v) is 3.26. The Bertz CT molecular complexity index is 766. The van der Waals surface area contributed by atoms with Crippen molar-refractivity contribution in [3.63, 3.8) is 0 Å². The normalized spacial score (nSPS) is 22.0. The van der Waals surface area contributed by atoms with Crippen molar-refractivity contribution in [2.24, 2.45) is 5.92 Å². The molecule has 24 heavy (non-hydrogen) atoms. The van der Waals surface area contributed by atoms with Gasteiger partial charge in [0.15, 0.2) is 0 Å². The van der Waals surface area contributed by atoms with Crippen LogP contribution >= 0.6 is 0 Å². The standard InChI is InChI=1S/C19H22FNO3/c1-11-8-16(12(2)24-11)19(3,23)10-21-18(22)15-9-14(15)13-6-4-5-7-17(13)20/h4-8,14-15,23H,9-10H2,1-3H3,(H,21,22). The van der Waals surface area contributed by atoms with Gasteiger partial charge in [0.2, 0.25) is 5.91 Å². The van der Waals surface area contributed by atoms with Gasteiger partial charge >= 0.3 is 0 Å². The molecule has 3 rings (SSSR count). The number of hydrogen-bond acceptors (Lipinski definition) is 3. The number of amides is 1. The Morgan fingerprint density at radius 2 is 2.12 bits per heavy atom. The van der Waals surface area contributed by atoms with Crippen LogP contribution in [0.5, 0.6) is 0 Å². The average Bonchev–Trinajstić information content (AvgIpc) is 3.23. The van der Waals surface area contributed by atoms with E-state index in [1.54, 1.807) is 38.1 Å². The summed E-state index contributed by atoms with van der Waals surface area (Å²) in [5, 5.41) is 13.4. The van der Waals surface area contributed by atoms with Crippen molar-refractivity contribution in [3.8, 4) is 0 Å². The fraction of sp³-hybridized carbons (Fsp3) is 0.421. The van der Waals surface area contributed by atoms with E-state index in [9.17, 15) is 14.3 Å². The van der Waals surface area contributed by atoms with Gasteiger partial charge in [-0.15, -0.1) is 0 Å². The van der Waals surface area contributed by atoms with Gasteiger partial charge in [-0.05, 0) is 50.8 Å². The topological polar surface area (TPSA) is 62.5 Å². The average molecular weight is 331 g/mol. The summed E-state index contributed by atoms with van der Waals surface area (Å²) in [4.78, 5) is 12.3. The van der Waals surface area contributed by atoms with Gasteiger partial charge < -0.3 is 14.8 Å². The molecule has 0 bridgehead atoms. The van der Waals surface area contributed by atoms with Crippen LogP contribution < -0.4 is 5.32 Å². The van der Waals surface area contributed by atoms with Gasteiger partial charge in [0.1, 0.15) is 22.9 Å². The van der Waals surface area contributed by atoms with Crippen LogP contribution in [0, 0.1) is 25.6 Å². The number of rotatable bonds is 5. The zero-order valence-electron chi connectivity index (χ0n) is 14.1. The minimum atomic E-state index is -1.21. The van der Waals surface area contributed by atoms with Crippen LogP contribution in [0.1, 0.15) is 41.9 Å². The largest absolute Gasteiger partial charge is 0.466 e. The third-order valence-electron chi connectivity index (χ3n) is 4.66. The summed E-state index contributed by atoms with van der Waals surface area (Å²) in [7, 11) is 0.